The fourth-order valence-electron chi connectivity index (χ4n) is 1.68. The van der Waals surface area contributed by atoms with Crippen molar-refractivity contribution in [1.29, 1.82) is 0 Å². The molecule has 9 N–H and O–H groups in total. The summed E-state index contributed by atoms with van der Waals surface area (Å²) in [6.07, 6.45) is 8.93. The summed E-state index contributed by atoms with van der Waals surface area (Å²) in [6.45, 7) is 1.90. The van der Waals surface area contributed by atoms with Crippen molar-refractivity contribution in [1.82, 2.24) is 49.6 Å². The maximum Gasteiger partial charge on any atom is 0.0113 e. The molecule has 1 fully saturated rings. The van der Waals surface area contributed by atoms with Crippen molar-refractivity contribution in [3.8, 4) is 0 Å². The largest absolute Gasteiger partial charge is 0.243 e. The van der Waals surface area contributed by atoms with Crippen molar-refractivity contribution < 1.29 is 0 Å². The molecule has 1 heterocycles. The van der Waals surface area contributed by atoms with E-state index < -0.39 is 0 Å². The molecule has 0 aromatic carbocycles. The zero-order valence-electron chi connectivity index (χ0n) is 10.9. The highest BCUT2D eigenvalue weighted by atomic mass is 15.9. The maximum atomic E-state index is 3.05. The van der Waals surface area contributed by atoms with Gasteiger partial charge in [-0.3, -0.25) is 0 Å². The van der Waals surface area contributed by atoms with Gasteiger partial charge in [0, 0.05) is 13.1 Å². The van der Waals surface area contributed by atoms with Crippen LogP contribution in [0.4, 0.5) is 0 Å². The molecule has 0 radical (unpaired) electrons. The van der Waals surface area contributed by atoms with E-state index in [2.05, 4.69) is 49.6 Å². The summed E-state index contributed by atoms with van der Waals surface area (Å²) < 4.78 is 0. The van der Waals surface area contributed by atoms with Crippen LogP contribution in [0.5, 0.6) is 0 Å². The molecule has 0 saturated carbocycles. The molecule has 0 unspecified atom stereocenters. The van der Waals surface area contributed by atoms with Crippen molar-refractivity contribution in [2.45, 2.75) is 44.9 Å². The van der Waals surface area contributed by atoms with Gasteiger partial charge < -0.3 is 0 Å². The van der Waals surface area contributed by atoms with E-state index in [1.165, 1.54) is 44.9 Å². The van der Waals surface area contributed by atoms with E-state index in [-0.39, 0.29) is 0 Å². The van der Waals surface area contributed by atoms with Crippen molar-refractivity contribution in [3.05, 3.63) is 0 Å². The van der Waals surface area contributed by atoms with Gasteiger partial charge in [-0.2, -0.15) is 38.7 Å². The zero-order valence-corrected chi connectivity index (χ0v) is 10.9. The lowest BCUT2D eigenvalue weighted by molar-refractivity contribution is 0.241. The van der Waals surface area contributed by atoms with Gasteiger partial charge in [-0.05, 0) is 12.8 Å². The molecule has 0 aromatic heterocycles. The quantitative estimate of drug-likeness (QED) is 0.254. The first-order chi connectivity index (χ1) is 9.00. The first kappa shape index (κ1) is 15.7. The van der Waals surface area contributed by atoms with E-state index in [4.69, 9.17) is 0 Å². The van der Waals surface area contributed by atoms with Crippen LogP contribution >= 0.6 is 0 Å². The van der Waals surface area contributed by atoms with Crippen LogP contribution in [0, 0.1) is 0 Å². The van der Waals surface area contributed by atoms with E-state index in [1.54, 1.807) is 0 Å². The molecule has 1 saturated heterocycles. The second-order valence-corrected chi connectivity index (χ2v) is 4.20. The molecule has 0 aliphatic carbocycles. The molecular formula is C9H27N9. The van der Waals surface area contributed by atoms with Crippen LogP contribution < -0.4 is 49.6 Å². The number of nitrogens with one attached hydrogen (secondary N) is 9. The van der Waals surface area contributed by atoms with E-state index in [9.17, 15) is 0 Å². The highest BCUT2D eigenvalue weighted by Gasteiger charge is 1.93. The monoisotopic (exact) mass is 261 g/mol. The number of hydrogen-bond donors (Lipinski definition) is 9. The second kappa shape index (κ2) is 13.1. The lowest BCUT2D eigenvalue weighted by Gasteiger charge is -2.13. The predicted molar refractivity (Wildman–Crippen MR) is 70.3 cm³/mol. The minimum atomic E-state index is 0.950. The van der Waals surface area contributed by atoms with Crippen LogP contribution in [0.25, 0.3) is 0 Å². The topological polar surface area (TPSA) is 108 Å². The minimum Gasteiger partial charge on any atom is -0.243 e. The number of hydrazine groups is 8. The van der Waals surface area contributed by atoms with Gasteiger partial charge in [0.1, 0.15) is 0 Å². The van der Waals surface area contributed by atoms with Gasteiger partial charge in [-0.15, -0.1) is 0 Å². The highest BCUT2D eigenvalue weighted by molar-refractivity contribution is 4.48. The summed E-state index contributed by atoms with van der Waals surface area (Å²) in [5.74, 6) is 0. The average molecular weight is 261 g/mol. The molecule has 0 bridgehead atoms. The Labute approximate surface area is 108 Å². The van der Waals surface area contributed by atoms with Crippen molar-refractivity contribution in [2.24, 2.45) is 0 Å². The van der Waals surface area contributed by atoms with Gasteiger partial charge in [0.2, 0.25) is 0 Å². The third-order valence-electron chi connectivity index (χ3n) is 2.66. The van der Waals surface area contributed by atoms with Gasteiger partial charge in [0.15, 0.2) is 0 Å². The van der Waals surface area contributed by atoms with Crippen LogP contribution in [0.1, 0.15) is 44.9 Å². The van der Waals surface area contributed by atoms with E-state index in [0.29, 0.717) is 0 Å². The first-order valence-electron chi connectivity index (χ1n) is 6.71. The summed E-state index contributed by atoms with van der Waals surface area (Å²) in [6, 6.07) is 0. The fourth-order valence-corrected chi connectivity index (χ4v) is 1.68. The van der Waals surface area contributed by atoms with Gasteiger partial charge in [-0.25, -0.2) is 10.9 Å². The van der Waals surface area contributed by atoms with Crippen LogP contribution in [0.15, 0.2) is 0 Å². The van der Waals surface area contributed by atoms with Crippen LogP contribution in [-0.4, -0.2) is 13.1 Å². The standard InChI is InChI=1S/C9H27N9/c1-2-4-6-8-10-12-14-16-18-17-15-13-11-9-7-5-3-1/h10-18H,1-9H2. The summed E-state index contributed by atoms with van der Waals surface area (Å²) in [5, 5.41) is 0. The molecule has 9 nitrogen and oxygen atoms in total. The Kier molecular flexibility index (Phi) is 11.4. The molecular weight excluding hydrogens is 234 g/mol. The molecule has 1 aliphatic rings. The molecule has 0 aromatic rings. The Morgan fingerprint density at radius 3 is 1.11 bits per heavy atom. The Hall–Kier alpha value is -0.360. The third kappa shape index (κ3) is 10.8. The van der Waals surface area contributed by atoms with Crippen molar-refractivity contribution in [3.63, 3.8) is 0 Å². The molecule has 1 rings (SSSR count). The SMILES string of the molecule is C1CCCCNNNNNNNNNCCCC1. The second-order valence-electron chi connectivity index (χ2n) is 4.20. The first-order valence-corrected chi connectivity index (χ1v) is 6.71. The molecule has 1 aliphatic heterocycles. The van der Waals surface area contributed by atoms with Crippen LogP contribution in [-0.2, 0) is 0 Å². The summed E-state index contributed by atoms with van der Waals surface area (Å²) in [7, 11) is 0. The Morgan fingerprint density at radius 2 is 0.667 bits per heavy atom. The van der Waals surface area contributed by atoms with E-state index in [0.717, 1.165) is 13.1 Å². The molecule has 18 heavy (non-hydrogen) atoms. The number of rotatable bonds is 0. The van der Waals surface area contributed by atoms with Gasteiger partial charge in [-0.1, -0.05) is 32.1 Å². The van der Waals surface area contributed by atoms with Crippen LogP contribution in [0.2, 0.25) is 0 Å². The third-order valence-corrected chi connectivity index (χ3v) is 2.66. The highest BCUT2D eigenvalue weighted by Crippen LogP contribution is 2.06. The normalized spacial score (nSPS) is 24.0. The molecule has 9 heteroatoms. The Morgan fingerprint density at radius 1 is 0.333 bits per heavy atom. The van der Waals surface area contributed by atoms with Gasteiger partial charge in [0.25, 0.3) is 0 Å². The Bertz CT molecular complexity index is 93.1. The fraction of sp³-hybridized carbons (Fsp3) is 1.00. The summed E-state index contributed by atoms with van der Waals surface area (Å²) >= 11 is 0. The van der Waals surface area contributed by atoms with Crippen molar-refractivity contribution >= 4 is 0 Å². The Balaban J connectivity index is 2.00. The lowest BCUT2D eigenvalue weighted by atomic mass is 10.1. The number of hydrogen-bond acceptors (Lipinski definition) is 9. The van der Waals surface area contributed by atoms with E-state index >= 15 is 0 Å². The molecule has 0 amide bonds. The van der Waals surface area contributed by atoms with Crippen molar-refractivity contribution in [2.75, 3.05) is 13.1 Å². The lowest BCUT2D eigenvalue weighted by Crippen LogP contribution is -2.64. The average Bonchev–Trinajstić information content (AvgIpc) is 2.39. The maximum absolute atomic E-state index is 3.05. The summed E-state index contributed by atoms with van der Waals surface area (Å²) in [4.78, 5) is 0. The summed E-state index contributed by atoms with van der Waals surface area (Å²) in [5.41, 5.74) is 25.2. The van der Waals surface area contributed by atoms with Gasteiger partial charge >= 0.3 is 0 Å². The minimum absolute atomic E-state index is 0.950. The van der Waals surface area contributed by atoms with Crippen LogP contribution in [0.3, 0.4) is 0 Å². The molecule has 0 atom stereocenters. The predicted octanol–water partition coefficient (Wildman–Crippen LogP) is -1.64. The van der Waals surface area contributed by atoms with E-state index in [1.807, 2.05) is 0 Å². The smallest absolute Gasteiger partial charge is 0.0113 e. The zero-order chi connectivity index (χ0) is 12.7. The molecule has 108 valence electrons. The van der Waals surface area contributed by atoms with Gasteiger partial charge in [0.05, 0.1) is 0 Å². The molecule has 0 spiro atoms.